The quantitative estimate of drug-likeness (QED) is 0.815. The summed E-state index contributed by atoms with van der Waals surface area (Å²) in [6.45, 7) is 4.88. The van der Waals surface area contributed by atoms with Gasteiger partial charge in [-0.05, 0) is 43.6 Å². The lowest BCUT2D eigenvalue weighted by molar-refractivity contribution is -0.136. The molecule has 1 heterocycles. The fraction of sp³-hybridized carbons (Fsp3) is 0.929. The van der Waals surface area contributed by atoms with Crippen LogP contribution >= 0.6 is 0 Å². The molecule has 1 saturated heterocycles. The molecule has 0 spiro atoms. The Morgan fingerprint density at radius 1 is 1.35 bits per heavy atom. The topological polar surface area (TPSA) is 46.3 Å². The van der Waals surface area contributed by atoms with Crippen molar-refractivity contribution in [1.29, 1.82) is 0 Å². The second-order valence-electron chi connectivity index (χ2n) is 5.97. The van der Waals surface area contributed by atoms with Crippen molar-refractivity contribution in [2.24, 2.45) is 17.1 Å². The third-order valence-corrected chi connectivity index (χ3v) is 4.92. The normalized spacial score (nSPS) is 24.5. The predicted molar refractivity (Wildman–Crippen MR) is 69.6 cm³/mol. The predicted octanol–water partition coefficient (Wildman–Crippen LogP) is 2.15. The van der Waals surface area contributed by atoms with E-state index in [2.05, 4.69) is 11.8 Å². The van der Waals surface area contributed by atoms with Crippen molar-refractivity contribution in [1.82, 2.24) is 4.90 Å². The SMILES string of the molecule is CCC1CCN(C(=O)CC2(CN)CCC2)CC1. The number of carbonyl (C=O) groups excluding carboxylic acids is 1. The molecule has 0 radical (unpaired) electrons. The van der Waals surface area contributed by atoms with Gasteiger partial charge in [0.15, 0.2) is 0 Å². The molecule has 2 N–H and O–H groups in total. The Hall–Kier alpha value is -0.570. The molecule has 2 fully saturated rings. The van der Waals surface area contributed by atoms with E-state index in [-0.39, 0.29) is 5.41 Å². The summed E-state index contributed by atoms with van der Waals surface area (Å²) < 4.78 is 0. The van der Waals surface area contributed by atoms with Gasteiger partial charge in [0, 0.05) is 19.5 Å². The average Bonchev–Trinajstić information content (AvgIpc) is 2.33. The molecule has 17 heavy (non-hydrogen) atoms. The van der Waals surface area contributed by atoms with Crippen molar-refractivity contribution in [2.45, 2.75) is 51.9 Å². The van der Waals surface area contributed by atoms with E-state index in [1.807, 2.05) is 0 Å². The zero-order valence-electron chi connectivity index (χ0n) is 11.1. The lowest BCUT2D eigenvalue weighted by atomic mass is 9.66. The van der Waals surface area contributed by atoms with Crippen LogP contribution in [0.1, 0.15) is 51.9 Å². The van der Waals surface area contributed by atoms with E-state index < -0.39 is 0 Å². The molecule has 0 aromatic rings. The first-order chi connectivity index (χ1) is 8.19. The number of likely N-dealkylation sites (tertiary alicyclic amines) is 1. The van der Waals surface area contributed by atoms with Gasteiger partial charge in [-0.2, -0.15) is 0 Å². The number of carbonyl (C=O) groups is 1. The van der Waals surface area contributed by atoms with E-state index >= 15 is 0 Å². The van der Waals surface area contributed by atoms with Gasteiger partial charge in [0.25, 0.3) is 0 Å². The molecule has 2 aliphatic rings. The van der Waals surface area contributed by atoms with Crippen LogP contribution in [0.5, 0.6) is 0 Å². The van der Waals surface area contributed by atoms with Gasteiger partial charge in [-0.25, -0.2) is 0 Å². The summed E-state index contributed by atoms with van der Waals surface area (Å²) in [6.07, 6.45) is 7.90. The molecule has 0 atom stereocenters. The lowest BCUT2D eigenvalue weighted by Crippen LogP contribution is -2.45. The highest BCUT2D eigenvalue weighted by Crippen LogP contribution is 2.43. The van der Waals surface area contributed by atoms with E-state index in [0.29, 0.717) is 18.9 Å². The largest absolute Gasteiger partial charge is 0.343 e. The van der Waals surface area contributed by atoms with Crippen molar-refractivity contribution in [3.63, 3.8) is 0 Å². The van der Waals surface area contributed by atoms with Gasteiger partial charge in [0.2, 0.25) is 5.91 Å². The molecule has 3 heteroatoms. The van der Waals surface area contributed by atoms with Crippen LogP contribution in [0.25, 0.3) is 0 Å². The molecular formula is C14H26N2O. The third kappa shape index (κ3) is 2.82. The van der Waals surface area contributed by atoms with E-state index in [0.717, 1.165) is 31.8 Å². The van der Waals surface area contributed by atoms with E-state index in [1.54, 1.807) is 0 Å². The van der Waals surface area contributed by atoms with E-state index in [4.69, 9.17) is 5.73 Å². The average molecular weight is 238 g/mol. The molecule has 1 aliphatic carbocycles. The first kappa shape index (κ1) is 12.9. The maximum Gasteiger partial charge on any atom is 0.223 e. The van der Waals surface area contributed by atoms with Crippen molar-refractivity contribution in [3.8, 4) is 0 Å². The molecule has 0 aromatic heterocycles. The van der Waals surface area contributed by atoms with Crippen LogP contribution in [0.15, 0.2) is 0 Å². The summed E-state index contributed by atoms with van der Waals surface area (Å²) in [5.41, 5.74) is 5.98. The van der Waals surface area contributed by atoms with Gasteiger partial charge in [0.05, 0.1) is 0 Å². The Bertz CT molecular complexity index is 260. The Labute approximate surface area is 105 Å². The summed E-state index contributed by atoms with van der Waals surface area (Å²) >= 11 is 0. The number of hydrogen-bond donors (Lipinski definition) is 1. The van der Waals surface area contributed by atoms with Gasteiger partial charge in [-0.15, -0.1) is 0 Å². The monoisotopic (exact) mass is 238 g/mol. The third-order valence-electron chi connectivity index (χ3n) is 4.92. The Kier molecular flexibility index (Phi) is 4.08. The smallest absolute Gasteiger partial charge is 0.223 e. The Morgan fingerprint density at radius 2 is 2.00 bits per heavy atom. The molecule has 1 aliphatic heterocycles. The molecule has 1 saturated carbocycles. The van der Waals surface area contributed by atoms with E-state index in [1.165, 1.54) is 25.7 Å². The second-order valence-corrected chi connectivity index (χ2v) is 5.97. The molecule has 0 bridgehead atoms. The highest BCUT2D eigenvalue weighted by molar-refractivity contribution is 5.77. The summed E-state index contributed by atoms with van der Waals surface area (Å²) in [5.74, 6) is 1.19. The van der Waals surface area contributed by atoms with Gasteiger partial charge in [0.1, 0.15) is 0 Å². The summed E-state index contributed by atoms with van der Waals surface area (Å²) in [6, 6.07) is 0. The maximum atomic E-state index is 12.2. The van der Waals surface area contributed by atoms with Crippen molar-refractivity contribution in [2.75, 3.05) is 19.6 Å². The molecule has 1 amide bonds. The van der Waals surface area contributed by atoms with Crippen LogP contribution in [0.3, 0.4) is 0 Å². The lowest BCUT2D eigenvalue weighted by Gasteiger charge is -2.42. The molecule has 2 rings (SSSR count). The summed E-state index contributed by atoms with van der Waals surface area (Å²) in [4.78, 5) is 14.3. The van der Waals surface area contributed by atoms with Crippen LogP contribution < -0.4 is 5.73 Å². The highest BCUT2D eigenvalue weighted by Gasteiger charge is 2.38. The number of hydrogen-bond acceptors (Lipinski definition) is 2. The fourth-order valence-electron chi connectivity index (χ4n) is 3.15. The van der Waals surface area contributed by atoms with Gasteiger partial charge in [-0.1, -0.05) is 19.8 Å². The minimum atomic E-state index is 0.165. The first-order valence-electron chi connectivity index (χ1n) is 7.17. The van der Waals surface area contributed by atoms with Gasteiger partial charge < -0.3 is 10.6 Å². The summed E-state index contributed by atoms with van der Waals surface area (Å²) in [5, 5.41) is 0. The molecular weight excluding hydrogens is 212 g/mol. The van der Waals surface area contributed by atoms with Gasteiger partial charge >= 0.3 is 0 Å². The Morgan fingerprint density at radius 3 is 2.41 bits per heavy atom. The van der Waals surface area contributed by atoms with Crippen LogP contribution in [-0.2, 0) is 4.79 Å². The number of piperidine rings is 1. The second kappa shape index (κ2) is 5.38. The van der Waals surface area contributed by atoms with Crippen LogP contribution in [0.4, 0.5) is 0 Å². The number of amides is 1. The first-order valence-corrected chi connectivity index (χ1v) is 7.17. The van der Waals surface area contributed by atoms with Crippen molar-refractivity contribution in [3.05, 3.63) is 0 Å². The number of rotatable bonds is 4. The maximum absolute atomic E-state index is 12.2. The molecule has 3 nitrogen and oxygen atoms in total. The standard InChI is InChI=1S/C14H26N2O/c1-2-12-4-8-16(9-5-12)13(17)10-14(11-15)6-3-7-14/h12H,2-11,15H2,1H3. The van der Waals surface area contributed by atoms with Crippen molar-refractivity contribution < 1.29 is 4.79 Å². The Balaban J connectivity index is 1.80. The minimum absolute atomic E-state index is 0.165. The molecule has 0 unspecified atom stereocenters. The number of nitrogens with two attached hydrogens (primary N) is 1. The van der Waals surface area contributed by atoms with Crippen molar-refractivity contribution >= 4 is 5.91 Å². The fourth-order valence-corrected chi connectivity index (χ4v) is 3.15. The number of nitrogens with zero attached hydrogens (tertiary/aromatic N) is 1. The van der Waals surface area contributed by atoms with Crippen LogP contribution in [0.2, 0.25) is 0 Å². The zero-order chi connectivity index (χ0) is 12.3. The van der Waals surface area contributed by atoms with Gasteiger partial charge in [-0.3, -0.25) is 4.79 Å². The van der Waals surface area contributed by atoms with E-state index in [9.17, 15) is 4.79 Å². The molecule has 0 aromatic carbocycles. The zero-order valence-corrected chi connectivity index (χ0v) is 11.1. The van der Waals surface area contributed by atoms with Crippen LogP contribution in [-0.4, -0.2) is 30.4 Å². The minimum Gasteiger partial charge on any atom is -0.343 e. The highest BCUT2D eigenvalue weighted by atomic mass is 16.2. The summed E-state index contributed by atoms with van der Waals surface area (Å²) in [7, 11) is 0. The molecule has 98 valence electrons. The van der Waals surface area contributed by atoms with Crippen LogP contribution in [0, 0.1) is 11.3 Å².